The van der Waals surface area contributed by atoms with Gasteiger partial charge in [-0.15, -0.1) is 0 Å². The van der Waals surface area contributed by atoms with Gasteiger partial charge in [0, 0.05) is 55.7 Å². The molecule has 12 rings (SSSR count). The van der Waals surface area contributed by atoms with Crippen LogP contribution in [-0.4, -0.2) is 4.98 Å². The van der Waals surface area contributed by atoms with Gasteiger partial charge in [0.1, 0.15) is 28.3 Å². The zero-order chi connectivity index (χ0) is 40.3. The predicted octanol–water partition coefficient (Wildman–Crippen LogP) is 16.1. The summed E-state index contributed by atoms with van der Waals surface area (Å²) in [5.74, 6) is 1.40. The van der Waals surface area contributed by atoms with Crippen LogP contribution in [0.2, 0.25) is 0 Å². The number of para-hydroxylation sites is 1. The van der Waals surface area contributed by atoms with Crippen molar-refractivity contribution in [1.82, 2.24) is 4.98 Å². The van der Waals surface area contributed by atoms with Gasteiger partial charge in [0.05, 0.1) is 12.0 Å². The first-order valence-corrected chi connectivity index (χ1v) is 20.5. The van der Waals surface area contributed by atoms with Gasteiger partial charge >= 0.3 is 0 Å². The maximum Gasteiger partial charge on any atom is 0.144 e. The number of nitrogens with zero attached hydrogens (tertiary/aromatic N) is 1. The van der Waals surface area contributed by atoms with Crippen LogP contribution in [0.15, 0.2) is 226 Å². The summed E-state index contributed by atoms with van der Waals surface area (Å²) in [7, 11) is 0. The molecule has 0 N–H and O–H groups in total. The largest absolute Gasteiger partial charge is 0.464 e. The van der Waals surface area contributed by atoms with Gasteiger partial charge in [-0.1, -0.05) is 158 Å². The molecular formula is C57H35NO3. The van der Waals surface area contributed by atoms with Gasteiger partial charge in [0.15, 0.2) is 0 Å². The summed E-state index contributed by atoms with van der Waals surface area (Å²) in [5, 5.41) is 5.23. The molecule has 12 aromatic rings. The standard InChI is InChI=1S/C57H35NO3/c1-4-18-37(19-5-1)43-35-44-52-55(48-34-40-25-11-13-30-46(40)60-48)54(47-31-17-33-59-47)53(45-29-14-15-32-58-45)50(39-23-8-3-9-24-39)57(52)61-56(44)49(38-21-6-2-7-22-38)51(43)42-28-16-26-36-20-10-12-27-41(36)42/h1-35H. The van der Waals surface area contributed by atoms with E-state index in [2.05, 4.69) is 152 Å². The van der Waals surface area contributed by atoms with Gasteiger partial charge in [0.2, 0.25) is 0 Å². The van der Waals surface area contributed by atoms with E-state index in [0.717, 1.165) is 99.8 Å². The van der Waals surface area contributed by atoms with Crippen molar-refractivity contribution in [2.75, 3.05) is 0 Å². The maximum atomic E-state index is 7.66. The predicted molar refractivity (Wildman–Crippen MR) is 249 cm³/mol. The van der Waals surface area contributed by atoms with E-state index in [0.29, 0.717) is 11.5 Å². The summed E-state index contributed by atoms with van der Waals surface area (Å²) in [6.07, 6.45) is 3.58. The van der Waals surface area contributed by atoms with Crippen LogP contribution in [0, 0.1) is 0 Å². The molecule has 61 heavy (non-hydrogen) atoms. The van der Waals surface area contributed by atoms with Gasteiger partial charge in [-0.25, -0.2) is 0 Å². The van der Waals surface area contributed by atoms with E-state index in [-0.39, 0.29) is 0 Å². The molecule has 0 amide bonds. The van der Waals surface area contributed by atoms with Crippen LogP contribution in [0.25, 0.3) is 122 Å². The highest BCUT2D eigenvalue weighted by atomic mass is 16.3. The van der Waals surface area contributed by atoms with E-state index in [9.17, 15) is 0 Å². The molecule has 0 fully saturated rings. The fraction of sp³-hybridized carbons (Fsp3) is 0. The second kappa shape index (κ2) is 14.3. The Morgan fingerprint density at radius 2 is 1.02 bits per heavy atom. The average molecular weight is 782 g/mol. The number of rotatable bonds is 7. The van der Waals surface area contributed by atoms with Gasteiger partial charge in [-0.05, 0) is 81.1 Å². The lowest BCUT2D eigenvalue weighted by atomic mass is 9.82. The minimum Gasteiger partial charge on any atom is -0.464 e. The number of hydrogen-bond acceptors (Lipinski definition) is 4. The molecule has 0 bridgehead atoms. The van der Waals surface area contributed by atoms with Crippen molar-refractivity contribution >= 4 is 43.7 Å². The molecule has 286 valence electrons. The highest BCUT2D eigenvalue weighted by molar-refractivity contribution is 6.27. The maximum absolute atomic E-state index is 7.66. The van der Waals surface area contributed by atoms with E-state index in [1.165, 1.54) is 10.8 Å². The summed E-state index contributed by atoms with van der Waals surface area (Å²) >= 11 is 0. The lowest BCUT2D eigenvalue weighted by molar-refractivity contribution is 0.582. The third-order valence-corrected chi connectivity index (χ3v) is 11.8. The molecule has 0 spiro atoms. The van der Waals surface area contributed by atoms with Crippen molar-refractivity contribution in [3.05, 3.63) is 213 Å². The van der Waals surface area contributed by atoms with Crippen molar-refractivity contribution in [3.8, 4) is 78.4 Å². The summed E-state index contributed by atoms with van der Waals surface area (Å²) in [5.41, 5.74) is 14.1. The number of furan rings is 3. The topological polar surface area (TPSA) is 52.3 Å². The summed E-state index contributed by atoms with van der Waals surface area (Å²) in [6, 6.07) is 69.8. The Labute approximate surface area is 351 Å². The SMILES string of the molecule is c1ccc(-c2cc3c(oc4c(-c5ccccc5)c(-c5ccccn5)c(-c5ccco5)c(-c5cc6ccccc6o5)c43)c(-c3ccccc3)c2-c2cccc3ccccc23)cc1. The molecular weight excluding hydrogens is 747 g/mol. The van der Waals surface area contributed by atoms with E-state index >= 15 is 0 Å². The molecule has 0 saturated carbocycles. The van der Waals surface area contributed by atoms with E-state index in [1.807, 2.05) is 54.7 Å². The molecule has 0 unspecified atom stereocenters. The first-order chi connectivity index (χ1) is 30.3. The number of aromatic nitrogens is 1. The van der Waals surface area contributed by atoms with Gasteiger partial charge in [-0.3, -0.25) is 4.98 Å². The van der Waals surface area contributed by atoms with Gasteiger partial charge < -0.3 is 13.3 Å². The van der Waals surface area contributed by atoms with E-state index < -0.39 is 0 Å². The number of fused-ring (bicyclic) bond motifs is 5. The monoisotopic (exact) mass is 781 g/mol. The molecule has 0 radical (unpaired) electrons. The number of benzene rings is 8. The first-order valence-electron chi connectivity index (χ1n) is 20.5. The number of pyridine rings is 1. The molecule has 0 aliphatic rings. The highest BCUT2D eigenvalue weighted by Gasteiger charge is 2.33. The average Bonchev–Trinajstić information content (AvgIpc) is 4.11. The zero-order valence-electron chi connectivity index (χ0n) is 32.9. The zero-order valence-corrected chi connectivity index (χ0v) is 32.9. The lowest BCUT2D eigenvalue weighted by Crippen LogP contribution is -1.96. The summed E-state index contributed by atoms with van der Waals surface area (Å²) in [4.78, 5) is 5.03. The van der Waals surface area contributed by atoms with E-state index in [1.54, 1.807) is 6.26 Å². The smallest absolute Gasteiger partial charge is 0.144 e. The Bertz CT molecular complexity index is 3510. The third-order valence-electron chi connectivity index (χ3n) is 11.8. The molecule has 0 aliphatic carbocycles. The minimum absolute atomic E-state index is 0.698. The molecule has 0 atom stereocenters. The van der Waals surface area contributed by atoms with Crippen molar-refractivity contribution < 1.29 is 13.3 Å². The summed E-state index contributed by atoms with van der Waals surface area (Å²) in [6.45, 7) is 0. The van der Waals surface area contributed by atoms with Gasteiger partial charge in [0.25, 0.3) is 0 Å². The Morgan fingerprint density at radius 3 is 1.72 bits per heavy atom. The van der Waals surface area contributed by atoms with Crippen LogP contribution >= 0.6 is 0 Å². The van der Waals surface area contributed by atoms with Crippen LogP contribution in [-0.2, 0) is 0 Å². The quantitative estimate of drug-likeness (QED) is 0.162. The van der Waals surface area contributed by atoms with E-state index in [4.69, 9.17) is 18.2 Å². The van der Waals surface area contributed by atoms with Crippen LogP contribution in [0.3, 0.4) is 0 Å². The fourth-order valence-electron chi connectivity index (χ4n) is 9.26. The third kappa shape index (κ3) is 5.65. The summed E-state index contributed by atoms with van der Waals surface area (Å²) < 4.78 is 21.0. The van der Waals surface area contributed by atoms with Crippen LogP contribution in [0.4, 0.5) is 0 Å². The molecule has 8 aromatic carbocycles. The second-order valence-corrected chi connectivity index (χ2v) is 15.3. The first kappa shape index (κ1) is 34.8. The minimum atomic E-state index is 0.698. The Balaban J connectivity index is 1.38. The Kier molecular flexibility index (Phi) is 8.13. The van der Waals surface area contributed by atoms with Crippen molar-refractivity contribution in [1.29, 1.82) is 0 Å². The second-order valence-electron chi connectivity index (χ2n) is 15.3. The molecule has 0 saturated heterocycles. The van der Waals surface area contributed by atoms with Crippen LogP contribution < -0.4 is 0 Å². The number of hydrogen-bond donors (Lipinski definition) is 0. The fourth-order valence-corrected chi connectivity index (χ4v) is 9.26. The van der Waals surface area contributed by atoms with Crippen molar-refractivity contribution in [2.45, 2.75) is 0 Å². The van der Waals surface area contributed by atoms with Gasteiger partial charge in [-0.2, -0.15) is 0 Å². The highest BCUT2D eigenvalue weighted by Crippen LogP contribution is 2.56. The molecule has 4 nitrogen and oxygen atoms in total. The molecule has 0 aliphatic heterocycles. The molecule has 4 aromatic heterocycles. The normalized spacial score (nSPS) is 11.6. The Morgan fingerprint density at radius 1 is 0.361 bits per heavy atom. The van der Waals surface area contributed by atoms with Crippen molar-refractivity contribution in [2.24, 2.45) is 0 Å². The van der Waals surface area contributed by atoms with Crippen LogP contribution in [0.1, 0.15) is 0 Å². The van der Waals surface area contributed by atoms with Crippen LogP contribution in [0.5, 0.6) is 0 Å². The molecule has 4 heterocycles. The Hall–Kier alpha value is -8.21. The van der Waals surface area contributed by atoms with Crippen molar-refractivity contribution in [3.63, 3.8) is 0 Å². The lowest BCUT2D eigenvalue weighted by Gasteiger charge is -2.19. The molecule has 4 heteroatoms.